The summed E-state index contributed by atoms with van der Waals surface area (Å²) >= 11 is 1.51. The van der Waals surface area contributed by atoms with Crippen LogP contribution in [-0.4, -0.2) is 60.4 Å². The second-order valence-electron chi connectivity index (χ2n) is 9.04. The third kappa shape index (κ3) is 5.21. The molecular formula is C23H35N3O2S. The highest BCUT2D eigenvalue weighted by Gasteiger charge is 2.37. The van der Waals surface area contributed by atoms with E-state index in [1.54, 1.807) is 0 Å². The van der Waals surface area contributed by atoms with Crippen LogP contribution in [0.25, 0.3) is 0 Å². The van der Waals surface area contributed by atoms with Crippen molar-refractivity contribution in [2.24, 2.45) is 11.8 Å². The number of carbonyl (C=O) groups is 2. The molecule has 4 rings (SSSR count). The molecule has 29 heavy (non-hydrogen) atoms. The summed E-state index contributed by atoms with van der Waals surface area (Å²) in [6.07, 6.45) is 11.3. The Labute approximate surface area is 178 Å². The number of nitrogens with zero attached hydrogens (tertiary/aromatic N) is 2. The first-order chi connectivity index (χ1) is 14.2. The van der Waals surface area contributed by atoms with Crippen LogP contribution in [0.1, 0.15) is 67.5 Å². The Hall–Kier alpha value is -1.40. The lowest BCUT2D eigenvalue weighted by Gasteiger charge is -2.41. The average molecular weight is 418 g/mol. The second kappa shape index (κ2) is 10.1. The minimum atomic E-state index is -0.0138. The Morgan fingerprint density at radius 3 is 2.34 bits per heavy atom. The van der Waals surface area contributed by atoms with Crippen molar-refractivity contribution in [1.82, 2.24) is 15.1 Å². The van der Waals surface area contributed by atoms with Gasteiger partial charge in [0.15, 0.2) is 0 Å². The van der Waals surface area contributed by atoms with E-state index in [4.69, 9.17) is 0 Å². The maximum Gasteiger partial charge on any atom is 0.264 e. The van der Waals surface area contributed by atoms with Gasteiger partial charge in [-0.1, -0.05) is 38.2 Å². The summed E-state index contributed by atoms with van der Waals surface area (Å²) in [5, 5.41) is 5.28. The van der Waals surface area contributed by atoms with Crippen LogP contribution in [0.2, 0.25) is 0 Å². The van der Waals surface area contributed by atoms with Gasteiger partial charge in [0.2, 0.25) is 5.91 Å². The van der Waals surface area contributed by atoms with Crippen LogP contribution in [0.4, 0.5) is 0 Å². The lowest BCUT2D eigenvalue weighted by molar-refractivity contribution is -0.129. The van der Waals surface area contributed by atoms with E-state index in [1.807, 2.05) is 22.4 Å². The molecule has 2 heterocycles. The third-order valence-electron chi connectivity index (χ3n) is 7.13. The number of nitrogens with one attached hydrogen (secondary N) is 1. The predicted molar refractivity (Wildman–Crippen MR) is 117 cm³/mol. The van der Waals surface area contributed by atoms with E-state index >= 15 is 0 Å². The van der Waals surface area contributed by atoms with E-state index < -0.39 is 0 Å². The van der Waals surface area contributed by atoms with Crippen LogP contribution < -0.4 is 5.32 Å². The molecule has 0 spiro atoms. The predicted octanol–water partition coefficient (Wildman–Crippen LogP) is 3.76. The maximum absolute atomic E-state index is 13.2. The molecule has 1 aromatic heterocycles. The zero-order chi connectivity index (χ0) is 20.1. The third-order valence-corrected chi connectivity index (χ3v) is 7.99. The molecule has 2 aliphatic carbocycles. The molecule has 1 atom stereocenters. The summed E-state index contributed by atoms with van der Waals surface area (Å²) in [5.74, 6) is 1.51. The van der Waals surface area contributed by atoms with Gasteiger partial charge in [0.25, 0.3) is 5.91 Å². The standard InChI is InChI=1S/C23H35N3O2S/c27-22(24-17-18-7-2-1-3-8-18)21(19-9-4-5-10-19)25-12-14-26(15-13-25)23(28)20-11-6-16-29-20/h6,11,16,18-19,21H,1-5,7-10,12-15,17H2,(H,24,27)/t21-/m0/s1. The molecule has 0 aromatic carbocycles. The van der Waals surface area contributed by atoms with Gasteiger partial charge in [0.05, 0.1) is 10.9 Å². The molecule has 0 bridgehead atoms. The van der Waals surface area contributed by atoms with Gasteiger partial charge in [-0.3, -0.25) is 14.5 Å². The van der Waals surface area contributed by atoms with E-state index in [1.165, 1.54) is 56.3 Å². The first-order valence-corrected chi connectivity index (χ1v) is 12.4. The Balaban J connectivity index is 1.34. The Morgan fingerprint density at radius 1 is 1.00 bits per heavy atom. The molecule has 3 aliphatic rings. The number of hydrogen-bond donors (Lipinski definition) is 1. The molecule has 6 heteroatoms. The summed E-state index contributed by atoms with van der Waals surface area (Å²) < 4.78 is 0. The van der Waals surface area contributed by atoms with Gasteiger partial charge in [0.1, 0.15) is 0 Å². The van der Waals surface area contributed by atoms with Crippen molar-refractivity contribution in [3.05, 3.63) is 22.4 Å². The van der Waals surface area contributed by atoms with Gasteiger partial charge in [-0.2, -0.15) is 0 Å². The number of amides is 2. The van der Waals surface area contributed by atoms with Crippen LogP contribution >= 0.6 is 11.3 Å². The van der Waals surface area contributed by atoms with Crippen molar-refractivity contribution in [2.45, 2.75) is 63.8 Å². The smallest absolute Gasteiger partial charge is 0.264 e. The molecule has 5 nitrogen and oxygen atoms in total. The molecule has 0 radical (unpaired) electrons. The van der Waals surface area contributed by atoms with Crippen molar-refractivity contribution in [1.29, 1.82) is 0 Å². The number of thiophene rings is 1. The SMILES string of the molecule is O=C(NCC1CCCCC1)[C@H](C1CCCC1)N1CCN(C(=O)c2cccs2)CC1. The normalized spacial score (nSPS) is 23.2. The summed E-state index contributed by atoms with van der Waals surface area (Å²) in [4.78, 5) is 31.0. The maximum atomic E-state index is 13.2. The molecule has 2 saturated carbocycles. The molecule has 1 aromatic rings. The van der Waals surface area contributed by atoms with Crippen molar-refractivity contribution in [3.63, 3.8) is 0 Å². The number of piperazine rings is 1. The summed E-state index contributed by atoms with van der Waals surface area (Å²) in [6.45, 7) is 3.88. The fraction of sp³-hybridized carbons (Fsp3) is 0.739. The second-order valence-corrected chi connectivity index (χ2v) is 9.99. The van der Waals surface area contributed by atoms with Crippen molar-refractivity contribution in [3.8, 4) is 0 Å². The van der Waals surface area contributed by atoms with Gasteiger partial charge in [-0.25, -0.2) is 0 Å². The first kappa shape index (κ1) is 20.9. The van der Waals surface area contributed by atoms with E-state index in [9.17, 15) is 9.59 Å². The molecule has 1 N–H and O–H groups in total. The molecule has 2 amide bonds. The first-order valence-electron chi connectivity index (χ1n) is 11.6. The van der Waals surface area contributed by atoms with Crippen LogP contribution in [0.5, 0.6) is 0 Å². The Bertz CT molecular complexity index is 658. The zero-order valence-electron chi connectivity index (χ0n) is 17.5. The van der Waals surface area contributed by atoms with E-state index in [0.29, 0.717) is 11.8 Å². The van der Waals surface area contributed by atoms with E-state index in [2.05, 4.69) is 10.2 Å². The highest BCUT2D eigenvalue weighted by molar-refractivity contribution is 7.12. The quantitative estimate of drug-likeness (QED) is 0.767. The van der Waals surface area contributed by atoms with Gasteiger partial charge in [-0.15, -0.1) is 11.3 Å². The van der Waals surface area contributed by atoms with E-state index in [-0.39, 0.29) is 17.9 Å². The van der Waals surface area contributed by atoms with Crippen molar-refractivity contribution >= 4 is 23.2 Å². The summed E-state index contributed by atoms with van der Waals surface area (Å²) in [6, 6.07) is 3.82. The fourth-order valence-electron chi connectivity index (χ4n) is 5.45. The molecule has 0 unspecified atom stereocenters. The van der Waals surface area contributed by atoms with Crippen molar-refractivity contribution in [2.75, 3.05) is 32.7 Å². The minimum absolute atomic E-state index is 0.0138. The number of rotatable bonds is 6. The van der Waals surface area contributed by atoms with Crippen molar-refractivity contribution < 1.29 is 9.59 Å². The van der Waals surface area contributed by atoms with Crippen LogP contribution in [0, 0.1) is 11.8 Å². The minimum Gasteiger partial charge on any atom is -0.354 e. The average Bonchev–Trinajstić information content (AvgIpc) is 3.48. The van der Waals surface area contributed by atoms with Gasteiger partial charge < -0.3 is 10.2 Å². The summed E-state index contributed by atoms with van der Waals surface area (Å²) in [5.41, 5.74) is 0. The molecule has 160 valence electrons. The van der Waals surface area contributed by atoms with Crippen LogP contribution in [0.3, 0.4) is 0 Å². The molecule has 1 aliphatic heterocycles. The van der Waals surface area contributed by atoms with Gasteiger partial charge >= 0.3 is 0 Å². The lowest BCUT2D eigenvalue weighted by atomic mass is 9.89. The Morgan fingerprint density at radius 2 is 1.69 bits per heavy atom. The number of hydrogen-bond acceptors (Lipinski definition) is 4. The van der Waals surface area contributed by atoms with E-state index in [0.717, 1.165) is 50.4 Å². The van der Waals surface area contributed by atoms with Gasteiger partial charge in [-0.05, 0) is 49.0 Å². The highest BCUT2D eigenvalue weighted by atomic mass is 32.1. The fourth-order valence-corrected chi connectivity index (χ4v) is 6.14. The van der Waals surface area contributed by atoms with Crippen LogP contribution in [-0.2, 0) is 4.79 Å². The van der Waals surface area contributed by atoms with Crippen LogP contribution in [0.15, 0.2) is 17.5 Å². The monoisotopic (exact) mass is 417 g/mol. The molecular weight excluding hydrogens is 382 g/mol. The lowest BCUT2D eigenvalue weighted by Crippen LogP contribution is -2.58. The molecule has 1 saturated heterocycles. The molecule has 3 fully saturated rings. The topological polar surface area (TPSA) is 52.7 Å². The zero-order valence-corrected chi connectivity index (χ0v) is 18.3. The van der Waals surface area contributed by atoms with Gasteiger partial charge in [0, 0.05) is 32.7 Å². The largest absolute Gasteiger partial charge is 0.354 e. The highest BCUT2D eigenvalue weighted by Crippen LogP contribution is 2.31. The summed E-state index contributed by atoms with van der Waals surface area (Å²) in [7, 11) is 0. The Kier molecular flexibility index (Phi) is 7.24. The number of carbonyl (C=O) groups excluding carboxylic acids is 2.